The zero-order valence-corrected chi connectivity index (χ0v) is 7.76. The molecule has 0 aliphatic carbocycles. The average molecular weight is 224 g/mol. The summed E-state index contributed by atoms with van der Waals surface area (Å²) in [7, 11) is 0. The first kappa shape index (κ1) is 10.6. The van der Waals surface area contributed by atoms with Crippen molar-refractivity contribution in [2.45, 2.75) is 13.0 Å². The predicted octanol–water partition coefficient (Wildman–Crippen LogP) is -0.159. The summed E-state index contributed by atoms with van der Waals surface area (Å²) < 4.78 is 4.52. The Bertz CT molecular complexity index is 160. The molecule has 0 amide bonds. The number of Topliss-reactive ketones (excluding diaryl/α,β-unsaturated/α-hetero) is 1. The van der Waals surface area contributed by atoms with Crippen LogP contribution in [0.15, 0.2) is 0 Å². The Hall–Kier alpha value is -0.420. The molecule has 0 bridgehead atoms. The summed E-state index contributed by atoms with van der Waals surface area (Å²) >= 11 is 2.90. The SMILES string of the molecule is CCOC(=O)C(N)C(=O)CBr. The quantitative estimate of drug-likeness (QED) is 0.409. The molecule has 1 unspecified atom stereocenters. The zero-order valence-electron chi connectivity index (χ0n) is 6.17. The van der Waals surface area contributed by atoms with E-state index in [0.717, 1.165) is 0 Å². The summed E-state index contributed by atoms with van der Waals surface area (Å²) in [6.45, 7) is 1.89. The lowest BCUT2D eigenvalue weighted by Crippen LogP contribution is -2.40. The van der Waals surface area contributed by atoms with Gasteiger partial charge >= 0.3 is 5.97 Å². The number of hydrogen-bond acceptors (Lipinski definition) is 4. The Balaban J connectivity index is 3.91. The van der Waals surface area contributed by atoms with Crippen molar-refractivity contribution in [1.29, 1.82) is 0 Å². The van der Waals surface area contributed by atoms with Crippen molar-refractivity contribution in [2.75, 3.05) is 11.9 Å². The smallest absolute Gasteiger partial charge is 0.330 e. The van der Waals surface area contributed by atoms with E-state index in [2.05, 4.69) is 20.7 Å². The van der Waals surface area contributed by atoms with Gasteiger partial charge in [-0.2, -0.15) is 0 Å². The van der Waals surface area contributed by atoms with Crippen molar-refractivity contribution in [1.82, 2.24) is 0 Å². The Morgan fingerprint density at radius 1 is 1.64 bits per heavy atom. The largest absolute Gasteiger partial charge is 0.464 e. The number of alkyl halides is 1. The van der Waals surface area contributed by atoms with E-state index >= 15 is 0 Å². The molecule has 0 aliphatic heterocycles. The molecule has 0 saturated carbocycles. The molecule has 0 fully saturated rings. The number of rotatable bonds is 4. The molecule has 0 aromatic rings. The molecule has 0 rings (SSSR count). The minimum absolute atomic E-state index is 0.0764. The highest BCUT2D eigenvalue weighted by molar-refractivity contribution is 9.09. The normalized spacial score (nSPS) is 12.3. The molecule has 5 heteroatoms. The van der Waals surface area contributed by atoms with Crippen LogP contribution in [0.1, 0.15) is 6.92 Å². The van der Waals surface area contributed by atoms with Gasteiger partial charge < -0.3 is 10.5 Å². The molecule has 11 heavy (non-hydrogen) atoms. The number of ether oxygens (including phenoxy) is 1. The summed E-state index contributed by atoms with van der Waals surface area (Å²) in [4.78, 5) is 21.5. The lowest BCUT2D eigenvalue weighted by atomic mass is 10.2. The Morgan fingerprint density at radius 3 is 2.55 bits per heavy atom. The highest BCUT2D eigenvalue weighted by Gasteiger charge is 2.21. The average Bonchev–Trinajstić information content (AvgIpc) is 2.02. The van der Waals surface area contributed by atoms with Crippen LogP contribution in [-0.2, 0) is 14.3 Å². The molecule has 0 saturated heterocycles. The van der Waals surface area contributed by atoms with Crippen molar-refractivity contribution in [3.05, 3.63) is 0 Å². The number of carbonyl (C=O) groups is 2. The van der Waals surface area contributed by atoms with Crippen LogP contribution in [0.3, 0.4) is 0 Å². The van der Waals surface area contributed by atoms with Crippen LogP contribution in [0.2, 0.25) is 0 Å². The third kappa shape index (κ3) is 3.48. The molecule has 0 spiro atoms. The maximum atomic E-state index is 10.8. The first-order valence-corrected chi connectivity index (χ1v) is 4.26. The maximum Gasteiger partial charge on any atom is 0.330 e. The number of carbonyl (C=O) groups excluding carboxylic acids is 2. The minimum Gasteiger partial charge on any atom is -0.464 e. The maximum absolute atomic E-state index is 10.8. The van der Waals surface area contributed by atoms with Crippen LogP contribution < -0.4 is 5.73 Å². The fourth-order valence-electron chi connectivity index (χ4n) is 0.447. The standard InChI is InChI=1S/C6H10BrNO3/c1-2-11-6(10)5(8)4(9)3-7/h5H,2-3,8H2,1H3. The van der Waals surface area contributed by atoms with E-state index < -0.39 is 12.0 Å². The van der Waals surface area contributed by atoms with Gasteiger partial charge in [-0.05, 0) is 6.92 Å². The molecule has 0 radical (unpaired) electrons. The van der Waals surface area contributed by atoms with Gasteiger partial charge in [-0.3, -0.25) is 4.79 Å². The van der Waals surface area contributed by atoms with E-state index in [0.29, 0.717) is 0 Å². The van der Waals surface area contributed by atoms with Crippen molar-refractivity contribution in [2.24, 2.45) is 5.73 Å². The van der Waals surface area contributed by atoms with Crippen molar-refractivity contribution < 1.29 is 14.3 Å². The van der Waals surface area contributed by atoms with Gasteiger partial charge in [-0.15, -0.1) is 0 Å². The summed E-state index contributed by atoms with van der Waals surface area (Å²) in [5.74, 6) is -1.04. The third-order valence-electron chi connectivity index (χ3n) is 1.02. The van der Waals surface area contributed by atoms with E-state index in [1.54, 1.807) is 6.92 Å². The molecule has 0 aliphatic rings. The number of nitrogens with two attached hydrogens (primary N) is 1. The number of ketones is 1. The van der Waals surface area contributed by atoms with Gasteiger partial charge in [0.25, 0.3) is 0 Å². The highest BCUT2D eigenvalue weighted by atomic mass is 79.9. The Kier molecular flexibility index (Phi) is 5.06. The van der Waals surface area contributed by atoms with Crippen LogP contribution in [-0.4, -0.2) is 29.7 Å². The van der Waals surface area contributed by atoms with Gasteiger partial charge in [0.05, 0.1) is 11.9 Å². The van der Waals surface area contributed by atoms with Gasteiger partial charge in [0.1, 0.15) is 0 Å². The fraction of sp³-hybridized carbons (Fsp3) is 0.667. The molecular weight excluding hydrogens is 214 g/mol. The molecule has 2 N–H and O–H groups in total. The van der Waals surface area contributed by atoms with Crippen LogP contribution in [0.25, 0.3) is 0 Å². The monoisotopic (exact) mass is 223 g/mol. The first-order valence-electron chi connectivity index (χ1n) is 3.14. The second-order valence-electron chi connectivity index (χ2n) is 1.83. The Morgan fingerprint density at radius 2 is 2.18 bits per heavy atom. The summed E-state index contributed by atoms with van der Waals surface area (Å²) in [5.41, 5.74) is 5.20. The van der Waals surface area contributed by atoms with E-state index in [-0.39, 0.29) is 17.7 Å². The van der Waals surface area contributed by atoms with Crippen LogP contribution in [0, 0.1) is 0 Å². The molecular formula is C6H10BrNO3. The highest BCUT2D eigenvalue weighted by Crippen LogP contribution is 1.91. The molecule has 1 atom stereocenters. The lowest BCUT2D eigenvalue weighted by molar-refractivity contribution is -0.147. The number of esters is 1. The number of halogens is 1. The van der Waals surface area contributed by atoms with Crippen LogP contribution in [0.4, 0.5) is 0 Å². The zero-order chi connectivity index (χ0) is 8.85. The Labute approximate surface area is 73.2 Å². The number of hydrogen-bond donors (Lipinski definition) is 1. The summed E-state index contributed by atoms with van der Waals surface area (Å²) in [6.07, 6.45) is 0. The van der Waals surface area contributed by atoms with E-state index in [1.807, 2.05) is 0 Å². The molecule has 0 aromatic heterocycles. The first-order chi connectivity index (χ1) is 5.13. The van der Waals surface area contributed by atoms with E-state index in [9.17, 15) is 9.59 Å². The topological polar surface area (TPSA) is 69.4 Å². The summed E-state index contributed by atoms with van der Waals surface area (Å²) in [5, 5.41) is 0.0764. The fourth-order valence-corrected chi connectivity index (χ4v) is 0.795. The van der Waals surface area contributed by atoms with Gasteiger partial charge in [0.15, 0.2) is 11.8 Å². The van der Waals surface area contributed by atoms with Gasteiger partial charge in [-0.1, -0.05) is 15.9 Å². The van der Waals surface area contributed by atoms with Crippen molar-refractivity contribution in [3.63, 3.8) is 0 Å². The van der Waals surface area contributed by atoms with E-state index in [4.69, 9.17) is 5.73 Å². The lowest BCUT2D eigenvalue weighted by Gasteiger charge is -2.06. The van der Waals surface area contributed by atoms with Crippen molar-refractivity contribution >= 4 is 27.7 Å². The van der Waals surface area contributed by atoms with Gasteiger partial charge in [-0.25, -0.2) is 4.79 Å². The molecule has 0 heterocycles. The van der Waals surface area contributed by atoms with Gasteiger partial charge in [0, 0.05) is 0 Å². The van der Waals surface area contributed by atoms with Crippen molar-refractivity contribution in [3.8, 4) is 0 Å². The predicted molar refractivity (Wildman–Crippen MR) is 43.4 cm³/mol. The van der Waals surface area contributed by atoms with E-state index in [1.165, 1.54) is 0 Å². The minimum atomic E-state index is -1.14. The second kappa shape index (κ2) is 5.26. The molecule has 64 valence electrons. The van der Waals surface area contributed by atoms with Crippen LogP contribution in [0.5, 0.6) is 0 Å². The van der Waals surface area contributed by atoms with Gasteiger partial charge in [0.2, 0.25) is 0 Å². The third-order valence-corrected chi connectivity index (χ3v) is 1.57. The van der Waals surface area contributed by atoms with Crippen LogP contribution >= 0.6 is 15.9 Å². The summed E-state index contributed by atoms with van der Waals surface area (Å²) in [6, 6.07) is -1.14. The molecule has 4 nitrogen and oxygen atoms in total. The molecule has 0 aromatic carbocycles. The second-order valence-corrected chi connectivity index (χ2v) is 2.39.